The zero-order valence-electron chi connectivity index (χ0n) is 21.7. The van der Waals surface area contributed by atoms with Crippen LogP contribution in [0.2, 0.25) is 0 Å². The molecule has 0 saturated carbocycles. The van der Waals surface area contributed by atoms with Crippen LogP contribution in [0.4, 0.5) is 13.2 Å². The maximum atomic E-state index is 12.9. The molecule has 1 fully saturated rings. The molecule has 1 aromatic carbocycles. The van der Waals surface area contributed by atoms with Crippen molar-refractivity contribution in [3.63, 3.8) is 0 Å². The smallest absolute Gasteiger partial charge is 0.382 e. The molecule has 216 valence electrons. The van der Waals surface area contributed by atoms with Crippen LogP contribution in [0.3, 0.4) is 0 Å². The zero-order chi connectivity index (χ0) is 28.7. The molecule has 1 saturated heterocycles. The molecule has 0 aliphatic carbocycles. The van der Waals surface area contributed by atoms with Gasteiger partial charge in [0, 0.05) is 64.7 Å². The second-order valence-corrected chi connectivity index (χ2v) is 13.4. The van der Waals surface area contributed by atoms with Crippen molar-refractivity contribution in [1.82, 2.24) is 30.3 Å². The lowest BCUT2D eigenvalue weighted by molar-refractivity contribution is -0.141. The molecule has 1 atom stereocenters. The Morgan fingerprint density at radius 3 is 2.50 bits per heavy atom. The van der Waals surface area contributed by atoms with Crippen molar-refractivity contribution in [3.05, 3.63) is 66.6 Å². The van der Waals surface area contributed by atoms with Gasteiger partial charge >= 0.3 is 16.3 Å². The standard InChI is InChI=1S/C25H28F3IN6O3S2/c1-15-11-22(25(26,27)28)33-35(15)10-9-34-7-5-16(6-8-34)24-32-20(14-39-24)23-30-12-17-18(13-31-23)21(4-3-19(17)29)38-40(2,36)37/h3-4,9-11,14,16,23,30-31H,5-8,12-13H2,1-2H3. The minimum atomic E-state index is -4.46. The monoisotopic (exact) mass is 708 g/mol. The second kappa shape index (κ2) is 11.6. The summed E-state index contributed by atoms with van der Waals surface area (Å²) in [4.78, 5) is 7.02. The quantitative estimate of drug-likeness (QED) is 0.278. The van der Waals surface area contributed by atoms with Crippen LogP contribution >= 0.6 is 33.9 Å². The molecule has 2 aromatic heterocycles. The Labute approximate surface area is 248 Å². The minimum absolute atomic E-state index is 0.207. The number of halogens is 4. The van der Waals surface area contributed by atoms with Gasteiger partial charge < -0.3 is 9.08 Å². The molecule has 3 aromatic rings. The molecule has 4 heterocycles. The van der Waals surface area contributed by atoms with Gasteiger partial charge in [0.2, 0.25) is 0 Å². The van der Waals surface area contributed by atoms with Crippen LogP contribution in [0.15, 0.2) is 29.8 Å². The van der Waals surface area contributed by atoms with Crippen LogP contribution < -0.4 is 14.8 Å². The van der Waals surface area contributed by atoms with E-state index in [0.717, 1.165) is 63.7 Å². The van der Waals surface area contributed by atoms with Gasteiger partial charge in [-0.05, 0) is 66.1 Å². The molecular weight excluding hydrogens is 680 g/mol. The highest BCUT2D eigenvalue weighted by atomic mass is 127. The van der Waals surface area contributed by atoms with Crippen LogP contribution in [0, 0.1) is 10.5 Å². The normalized spacial score (nSPS) is 19.1. The van der Waals surface area contributed by atoms with Gasteiger partial charge in [-0.15, -0.1) is 11.3 Å². The van der Waals surface area contributed by atoms with Gasteiger partial charge in [0.1, 0.15) is 11.9 Å². The summed E-state index contributed by atoms with van der Waals surface area (Å²) >= 11 is 3.86. The zero-order valence-corrected chi connectivity index (χ0v) is 25.5. The molecule has 0 radical (unpaired) electrons. The number of nitrogens with one attached hydrogen (secondary N) is 2. The van der Waals surface area contributed by atoms with Gasteiger partial charge in [0.15, 0.2) is 5.69 Å². The Bertz CT molecular complexity index is 1510. The fourth-order valence-electron chi connectivity index (χ4n) is 4.81. The van der Waals surface area contributed by atoms with E-state index in [0.29, 0.717) is 30.5 Å². The summed E-state index contributed by atoms with van der Waals surface area (Å²) in [6.07, 6.45) is 1.49. The average Bonchev–Trinajstić information content (AvgIpc) is 3.45. The highest BCUT2D eigenvalue weighted by Crippen LogP contribution is 2.34. The highest BCUT2D eigenvalue weighted by Gasteiger charge is 2.34. The largest absolute Gasteiger partial charge is 0.435 e. The lowest BCUT2D eigenvalue weighted by Crippen LogP contribution is -2.31. The molecule has 0 spiro atoms. The van der Waals surface area contributed by atoms with Crippen LogP contribution in [-0.4, -0.2) is 47.4 Å². The molecule has 0 bridgehead atoms. The molecule has 2 N–H and O–H groups in total. The van der Waals surface area contributed by atoms with Crippen molar-refractivity contribution >= 4 is 50.2 Å². The van der Waals surface area contributed by atoms with E-state index < -0.39 is 22.0 Å². The summed E-state index contributed by atoms with van der Waals surface area (Å²) in [5, 5.41) is 13.7. The Morgan fingerprint density at radius 2 is 1.85 bits per heavy atom. The van der Waals surface area contributed by atoms with Crippen molar-refractivity contribution < 1.29 is 25.8 Å². The number of nitrogens with zero attached hydrogens (tertiary/aromatic N) is 4. The summed E-state index contributed by atoms with van der Waals surface area (Å²) in [5.41, 5.74) is 2.21. The van der Waals surface area contributed by atoms with Crippen LogP contribution in [0.25, 0.3) is 6.20 Å². The van der Waals surface area contributed by atoms with Crippen LogP contribution in [0.5, 0.6) is 5.75 Å². The summed E-state index contributed by atoms with van der Waals surface area (Å²) in [7, 11) is -3.65. The number of likely N-dealkylation sites (tertiary alicyclic amines) is 1. The Hall–Kier alpha value is -2.21. The maximum Gasteiger partial charge on any atom is 0.435 e. The van der Waals surface area contributed by atoms with E-state index in [9.17, 15) is 21.6 Å². The van der Waals surface area contributed by atoms with Gasteiger partial charge in [-0.1, -0.05) is 0 Å². The number of piperidine rings is 1. The first-order valence-corrected chi connectivity index (χ1v) is 16.3. The van der Waals surface area contributed by atoms with Crippen molar-refractivity contribution in [2.75, 3.05) is 19.3 Å². The number of alkyl halides is 3. The number of benzene rings is 1. The minimum Gasteiger partial charge on any atom is -0.382 e. The fraction of sp³-hybridized carbons (Fsp3) is 0.440. The van der Waals surface area contributed by atoms with Crippen molar-refractivity contribution in [2.24, 2.45) is 0 Å². The predicted molar refractivity (Wildman–Crippen MR) is 154 cm³/mol. The lowest BCUT2D eigenvalue weighted by Gasteiger charge is -2.30. The van der Waals surface area contributed by atoms with Gasteiger partial charge in [-0.3, -0.25) is 10.6 Å². The first-order valence-electron chi connectivity index (χ1n) is 12.5. The first kappa shape index (κ1) is 29.3. The molecule has 2 aliphatic rings. The van der Waals surface area contributed by atoms with E-state index in [1.54, 1.807) is 36.7 Å². The Balaban J connectivity index is 1.20. The number of fused-ring (bicyclic) bond motifs is 1. The number of hydrogen-bond donors (Lipinski definition) is 2. The van der Waals surface area contributed by atoms with E-state index in [2.05, 4.69) is 43.2 Å². The summed E-state index contributed by atoms with van der Waals surface area (Å²) in [5.74, 6) is 0.626. The molecule has 2 aliphatic heterocycles. The third kappa shape index (κ3) is 6.80. The number of aromatic nitrogens is 3. The van der Waals surface area contributed by atoms with Crippen LogP contribution in [0.1, 0.15) is 58.1 Å². The van der Waals surface area contributed by atoms with Gasteiger partial charge in [-0.25, -0.2) is 9.67 Å². The molecular formula is C25H28F3IN6O3S2. The third-order valence-electron chi connectivity index (χ3n) is 6.88. The summed E-state index contributed by atoms with van der Waals surface area (Å²) in [6.45, 7) is 4.08. The molecule has 1 unspecified atom stereocenters. The van der Waals surface area contributed by atoms with Gasteiger partial charge in [0.05, 0.1) is 17.0 Å². The number of hydrogen-bond acceptors (Lipinski definition) is 9. The summed E-state index contributed by atoms with van der Waals surface area (Å²) < 4.78 is 69.8. The number of thiazole rings is 1. The molecule has 5 rings (SSSR count). The Morgan fingerprint density at radius 1 is 1.15 bits per heavy atom. The predicted octanol–water partition coefficient (Wildman–Crippen LogP) is 4.81. The van der Waals surface area contributed by atoms with E-state index in [1.807, 2.05) is 11.4 Å². The second-order valence-electron chi connectivity index (χ2n) is 9.82. The van der Waals surface area contributed by atoms with E-state index in [1.165, 1.54) is 4.68 Å². The molecule has 15 heteroatoms. The first-order chi connectivity index (χ1) is 18.9. The van der Waals surface area contributed by atoms with Gasteiger partial charge in [-0.2, -0.15) is 26.7 Å². The van der Waals surface area contributed by atoms with Crippen molar-refractivity contribution in [2.45, 2.75) is 51.1 Å². The van der Waals surface area contributed by atoms with Crippen LogP contribution in [-0.2, 0) is 29.4 Å². The van der Waals surface area contributed by atoms with Crippen molar-refractivity contribution in [3.8, 4) is 5.75 Å². The maximum absolute atomic E-state index is 12.9. The lowest BCUT2D eigenvalue weighted by atomic mass is 9.98. The average molecular weight is 709 g/mol. The van der Waals surface area contributed by atoms with E-state index in [4.69, 9.17) is 9.17 Å². The van der Waals surface area contributed by atoms with E-state index >= 15 is 0 Å². The fourth-order valence-corrected chi connectivity index (χ4v) is 7.00. The SMILES string of the molecule is Cc1cc(C(F)(F)F)nn1C=CN1CCC(c2nc(C3NCc4c(I)ccc(OS(C)(=O)=O)c4CN3)cs2)CC1. The Kier molecular flexibility index (Phi) is 8.48. The topological polar surface area (TPSA) is 101 Å². The number of rotatable bonds is 6. The molecule has 0 amide bonds. The molecule has 9 nitrogen and oxygen atoms in total. The third-order valence-corrected chi connectivity index (χ3v) is 9.40. The summed E-state index contributed by atoms with van der Waals surface area (Å²) in [6, 6.07) is 4.57. The number of aryl methyl sites for hydroxylation is 1. The highest BCUT2D eigenvalue weighted by molar-refractivity contribution is 14.1. The van der Waals surface area contributed by atoms with E-state index in [-0.39, 0.29) is 6.17 Å². The molecule has 40 heavy (non-hydrogen) atoms. The van der Waals surface area contributed by atoms with Crippen molar-refractivity contribution in [1.29, 1.82) is 0 Å². The van der Waals surface area contributed by atoms with Gasteiger partial charge in [0.25, 0.3) is 0 Å².